The Kier molecular flexibility index (Phi) is 14.6. The lowest BCUT2D eigenvalue weighted by molar-refractivity contribution is -0.127. The summed E-state index contributed by atoms with van der Waals surface area (Å²) in [5.41, 5.74) is 2.71. The molecule has 40 heavy (non-hydrogen) atoms. The molecule has 2 aromatic rings. The second-order valence-electron chi connectivity index (χ2n) is 11.2. The first-order valence-corrected chi connectivity index (χ1v) is 14.4. The molecule has 0 fully saturated rings. The predicted octanol–water partition coefficient (Wildman–Crippen LogP) is 5.92. The van der Waals surface area contributed by atoms with Crippen LogP contribution in [-0.4, -0.2) is 44.6 Å². The lowest BCUT2D eigenvalue weighted by atomic mass is 9.82. The molecule has 3 atom stereocenters. The fourth-order valence-electron chi connectivity index (χ4n) is 4.84. The van der Waals surface area contributed by atoms with Gasteiger partial charge in [0, 0.05) is 32.6 Å². The molecule has 2 N–H and O–H groups in total. The van der Waals surface area contributed by atoms with Crippen molar-refractivity contribution < 1.29 is 24.1 Å². The van der Waals surface area contributed by atoms with Crippen molar-refractivity contribution in [2.75, 3.05) is 27.4 Å². The molecule has 0 spiro atoms. The minimum Gasteiger partial charge on any atom is -0.493 e. The maximum atomic E-state index is 13.0. The monoisotopic (exact) mass is 552 g/mol. The molecule has 0 heterocycles. The Bertz CT molecular complexity index is 1060. The topological polar surface area (TPSA) is 101 Å². The van der Waals surface area contributed by atoms with E-state index in [9.17, 15) is 9.90 Å². The highest BCUT2D eigenvalue weighted by Crippen LogP contribution is 2.32. The Hall–Kier alpha value is -3.08. The van der Waals surface area contributed by atoms with Gasteiger partial charge in [-0.15, -0.1) is 0 Å². The van der Waals surface area contributed by atoms with Crippen LogP contribution in [-0.2, 0) is 22.5 Å². The Morgan fingerprint density at radius 3 is 2.25 bits per heavy atom. The average molecular weight is 553 g/mol. The lowest BCUT2D eigenvalue weighted by Crippen LogP contribution is -2.35. The molecule has 2 aromatic carbocycles. The van der Waals surface area contributed by atoms with E-state index in [-0.39, 0.29) is 17.7 Å². The molecule has 2 rings (SSSR count). The third-order valence-corrected chi connectivity index (χ3v) is 7.51. The number of hydrogen-bond acceptors (Lipinski definition) is 6. The number of aliphatic hydroxyl groups excluding tert-OH is 1. The first-order valence-electron chi connectivity index (χ1n) is 14.4. The molecule has 0 bridgehead atoms. The number of carbonyl (C=O) groups excluding carboxylic acids is 1. The van der Waals surface area contributed by atoms with Crippen LogP contribution in [0.1, 0.15) is 70.1 Å². The van der Waals surface area contributed by atoms with Crippen LogP contribution in [0.3, 0.4) is 0 Å². The molecule has 0 aliphatic rings. The number of aliphatic hydroxyl groups is 1. The number of amides is 1. The van der Waals surface area contributed by atoms with E-state index in [1.54, 1.807) is 26.4 Å². The Morgan fingerprint density at radius 1 is 0.950 bits per heavy atom. The summed E-state index contributed by atoms with van der Waals surface area (Å²) in [6.45, 7) is 10.1. The van der Waals surface area contributed by atoms with Crippen LogP contribution in [0.15, 0.2) is 42.5 Å². The lowest BCUT2D eigenvalue weighted by Gasteiger charge is -2.26. The van der Waals surface area contributed by atoms with Crippen LogP contribution < -0.4 is 14.8 Å². The van der Waals surface area contributed by atoms with Crippen molar-refractivity contribution in [1.29, 1.82) is 5.26 Å². The summed E-state index contributed by atoms with van der Waals surface area (Å²) in [5, 5.41) is 22.9. The molecule has 0 aliphatic carbocycles. The van der Waals surface area contributed by atoms with Crippen molar-refractivity contribution in [3.05, 3.63) is 59.2 Å². The highest BCUT2D eigenvalue weighted by atomic mass is 16.5. The largest absolute Gasteiger partial charge is 0.493 e. The van der Waals surface area contributed by atoms with Gasteiger partial charge in [-0.3, -0.25) is 4.79 Å². The summed E-state index contributed by atoms with van der Waals surface area (Å²) >= 11 is 0. The number of nitrogens with zero attached hydrogens (tertiary/aromatic N) is 1. The molecule has 0 aliphatic heterocycles. The van der Waals surface area contributed by atoms with Crippen molar-refractivity contribution in [1.82, 2.24) is 5.32 Å². The number of nitriles is 1. The van der Waals surface area contributed by atoms with E-state index in [1.165, 1.54) is 5.56 Å². The average Bonchev–Trinajstić information content (AvgIpc) is 2.95. The van der Waals surface area contributed by atoms with Gasteiger partial charge in [-0.1, -0.05) is 45.9 Å². The van der Waals surface area contributed by atoms with Gasteiger partial charge in [-0.25, -0.2) is 0 Å². The molecule has 0 saturated carbocycles. The van der Waals surface area contributed by atoms with Crippen molar-refractivity contribution in [2.45, 2.75) is 72.4 Å². The Balaban J connectivity index is 1.94. The number of hydrogen-bond donors (Lipinski definition) is 2. The van der Waals surface area contributed by atoms with E-state index in [2.05, 4.69) is 37.4 Å². The number of carbonyl (C=O) groups is 1. The third-order valence-electron chi connectivity index (χ3n) is 7.51. The highest BCUT2D eigenvalue weighted by Gasteiger charge is 2.26. The molecule has 0 aromatic heterocycles. The zero-order valence-electron chi connectivity index (χ0n) is 25.1. The van der Waals surface area contributed by atoms with Gasteiger partial charge in [-0.2, -0.15) is 5.26 Å². The maximum Gasteiger partial charge on any atom is 0.223 e. The van der Waals surface area contributed by atoms with Crippen LogP contribution in [0, 0.1) is 35.0 Å². The van der Waals surface area contributed by atoms with Crippen LogP contribution in [0.5, 0.6) is 11.5 Å². The highest BCUT2D eigenvalue weighted by molar-refractivity contribution is 5.78. The van der Waals surface area contributed by atoms with Crippen molar-refractivity contribution in [3.8, 4) is 17.6 Å². The summed E-state index contributed by atoms with van der Waals surface area (Å²) in [6, 6.07) is 15.4. The second-order valence-corrected chi connectivity index (χ2v) is 11.2. The van der Waals surface area contributed by atoms with Gasteiger partial charge in [0.25, 0.3) is 0 Å². The fraction of sp³-hybridized carbons (Fsp3) is 0.576. The van der Waals surface area contributed by atoms with E-state index < -0.39 is 6.10 Å². The normalized spacial score (nSPS) is 13.5. The summed E-state index contributed by atoms with van der Waals surface area (Å²) in [4.78, 5) is 13.0. The third kappa shape index (κ3) is 11.2. The summed E-state index contributed by atoms with van der Waals surface area (Å²) < 4.78 is 16.6. The fourth-order valence-corrected chi connectivity index (χ4v) is 4.84. The minimum atomic E-state index is -0.551. The van der Waals surface area contributed by atoms with Crippen molar-refractivity contribution in [2.24, 2.45) is 23.7 Å². The van der Waals surface area contributed by atoms with E-state index in [0.29, 0.717) is 50.0 Å². The van der Waals surface area contributed by atoms with E-state index in [0.717, 1.165) is 36.3 Å². The van der Waals surface area contributed by atoms with Crippen molar-refractivity contribution in [3.63, 3.8) is 0 Å². The summed E-state index contributed by atoms with van der Waals surface area (Å²) in [6.07, 6.45) is 3.08. The molecule has 220 valence electrons. The smallest absolute Gasteiger partial charge is 0.223 e. The zero-order valence-corrected chi connectivity index (χ0v) is 25.1. The molecular weight excluding hydrogens is 504 g/mol. The molecule has 0 radical (unpaired) electrons. The number of ether oxygens (including phenoxy) is 3. The molecule has 0 saturated heterocycles. The number of rotatable bonds is 18. The van der Waals surface area contributed by atoms with E-state index in [4.69, 9.17) is 19.5 Å². The standard InChI is InChI=1S/C33H48N2O5/c1-23(2)28(18-27-12-15-31(39-6)32(19-27)40-17-7-16-38-5)13-14-29(36)20-30(24(3)4)33(37)35-22-26-10-8-25(21-34)9-11-26/h8-12,15,19,23-24,28-30,36H,7,13-14,16-18,20,22H2,1-6H3,(H,35,37)/t28?,29-,30?/m1/s1. The van der Waals surface area contributed by atoms with Gasteiger partial charge in [0.15, 0.2) is 11.5 Å². The van der Waals surface area contributed by atoms with Crippen LogP contribution in [0.25, 0.3) is 0 Å². The molecule has 7 heteroatoms. The Morgan fingerprint density at radius 2 is 1.65 bits per heavy atom. The van der Waals surface area contributed by atoms with Gasteiger partial charge in [0.2, 0.25) is 5.91 Å². The number of methoxy groups -OCH3 is 2. The van der Waals surface area contributed by atoms with Gasteiger partial charge in [0.1, 0.15) is 0 Å². The second kappa shape index (κ2) is 17.6. The first-order chi connectivity index (χ1) is 19.2. The molecule has 2 unspecified atom stereocenters. The van der Waals surface area contributed by atoms with Gasteiger partial charge in [-0.05, 0) is 78.8 Å². The number of benzene rings is 2. The zero-order chi connectivity index (χ0) is 29.5. The quantitative estimate of drug-likeness (QED) is 0.223. The van der Waals surface area contributed by atoms with Gasteiger partial charge >= 0.3 is 0 Å². The SMILES string of the molecule is COCCCOc1cc(CC(CC[C@@H](O)CC(C(=O)NCc2ccc(C#N)cc2)C(C)C)C(C)C)ccc1OC. The molecular formula is C33H48N2O5. The maximum absolute atomic E-state index is 13.0. The van der Waals surface area contributed by atoms with Crippen LogP contribution >= 0.6 is 0 Å². The minimum absolute atomic E-state index is 0.0462. The van der Waals surface area contributed by atoms with Crippen molar-refractivity contribution >= 4 is 5.91 Å². The summed E-state index contributed by atoms with van der Waals surface area (Å²) in [5.74, 6) is 2.07. The van der Waals surface area contributed by atoms with Crippen LogP contribution in [0.2, 0.25) is 0 Å². The number of nitrogens with one attached hydrogen (secondary N) is 1. The van der Waals surface area contributed by atoms with Crippen LogP contribution in [0.4, 0.5) is 0 Å². The van der Waals surface area contributed by atoms with Gasteiger partial charge in [0.05, 0.1) is 31.5 Å². The summed E-state index contributed by atoms with van der Waals surface area (Å²) in [7, 11) is 3.33. The van der Waals surface area contributed by atoms with E-state index >= 15 is 0 Å². The Labute approximate surface area is 240 Å². The predicted molar refractivity (Wildman–Crippen MR) is 158 cm³/mol. The molecule has 1 amide bonds. The van der Waals surface area contributed by atoms with E-state index in [1.807, 2.05) is 32.0 Å². The van der Waals surface area contributed by atoms with Gasteiger partial charge < -0.3 is 24.6 Å². The first kappa shape index (κ1) is 33.1. The molecule has 7 nitrogen and oxygen atoms in total.